The lowest BCUT2D eigenvalue weighted by Gasteiger charge is -2.14. The molecule has 1 aromatic heterocycles. The Labute approximate surface area is 131 Å². The highest BCUT2D eigenvalue weighted by Gasteiger charge is 2.12. The first-order valence-electron chi connectivity index (χ1n) is 6.17. The smallest absolute Gasteiger partial charge is 0.270 e. The second-order valence-electron chi connectivity index (χ2n) is 4.31. The van der Waals surface area contributed by atoms with Crippen molar-refractivity contribution in [3.05, 3.63) is 58.3 Å². The Hall–Kier alpha value is -1.33. The molecule has 1 N–H and O–H groups in total. The Kier molecular flexibility index (Phi) is 5.20. The van der Waals surface area contributed by atoms with Crippen molar-refractivity contribution in [2.45, 2.75) is 17.9 Å². The Bertz CT molecular complexity index is 601. The molecule has 0 fully saturated rings. The lowest BCUT2D eigenvalue weighted by atomic mass is 10.1. The summed E-state index contributed by atoms with van der Waals surface area (Å²) in [6, 6.07) is 13.4. The van der Waals surface area contributed by atoms with Gasteiger partial charge in [0.2, 0.25) is 0 Å². The van der Waals surface area contributed by atoms with Gasteiger partial charge in [-0.2, -0.15) is 0 Å². The lowest BCUT2D eigenvalue weighted by molar-refractivity contribution is 0.0934. The zero-order chi connectivity index (χ0) is 14.5. The number of aromatic nitrogens is 1. The zero-order valence-corrected chi connectivity index (χ0v) is 13.7. The van der Waals surface area contributed by atoms with Gasteiger partial charge in [0.1, 0.15) is 10.3 Å². The Morgan fingerprint density at radius 3 is 2.55 bits per heavy atom. The topological polar surface area (TPSA) is 42.0 Å². The van der Waals surface area contributed by atoms with E-state index in [0.717, 1.165) is 5.56 Å². The fourth-order valence-electron chi connectivity index (χ4n) is 1.78. The second kappa shape index (κ2) is 6.90. The number of hydrogen-bond acceptors (Lipinski definition) is 3. The van der Waals surface area contributed by atoms with Crippen molar-refractivity contribution in [2.75, 3.05) is 6.26 Å². The molecule has 2 aromatic rings. The monoisotopic (exact) mass is 350 g/mol. The molecule has 1 unspecified atom stereocenters. The highest BCUT2D eigenvalue weighted by atomic mass is 79.9. The molecular weight excluding hydrogens is 336 g/mol. The number of hydrogen-bond donors (Lipinski definition) is 1. The Morgan fingerprint density at radius 2 is 1.95 bits per heavy atom. The fraction of sp³-hybridized carbons (Fsp3) is 0.200. The van der Waals surface area contributed by atoms with Crippen LogP contribution in [0.15, 0.2) is 52.0 Å². The Morgan fingerprint density at radius 1 is 1.25 bits per heavy atom. The van der Waals surface area contributed by atoms with Gasteiger partial charge in [0.15, 0.2) is 0 Å². The quantitative estimate of drug-likeness (QED) is 0.667. The van der Waals surface area contributed by atoms with Gasteiger partial charge in [-0.15, -0.1) is 11.8 Å². The summed E-state index contributed by atoms with van der Waals surface area (Å²) >= 11 is 4.96. The molecule has 104 valence electrons. The van der Waals surface area contributed by atoms with Crippen LogP contribution in [0, 0.1) is 0 Å². The van der Waals surface area contributed by atoms with E-state index < -0.39 is 0 Å². The van der Waals surface area contributed by atoms with Crippen LogP contribution in [0.2, 0.25) is 0 Å². The van der Waals surface area contributed by atoms with Gasteiger partial charge in [0.25, 0.3) is 5.91 Å². The van der Waals surface area contributed by atoms with Crippen molar-refractivity contribution in [1.29, 1.82) is 0 Å². The molecule has 2 rings (SSSR count). The molecule has 1 aromatic carbocycles. The van der Waals surface area contributed by atoms with Gasteiger partial charge >= 0.3 is 0 Å². The molecule has 1 heterocycles. The minimum absolute atomic E-state index is 0.0563. The summed E-state index contributed by atoms with van der Waals surface area (Å²) < 4.78 is 0.655. The van der Waals surface area contributed by atoms with E-state index in [1.165, 1.54) is 4.90 Å². The summed E-state index contributed by atoms with van der Waals surface area (Å²) in [5, 5.41) is 2.95. The van der Waals surface area contributed by atoms with Crippen LogP contribution in [0.4, 0.5) is 0 Å². The van der Waals surface area contributed by atoms with Crippen LogP contribution in [0.25, 0.3) is 0 Å². The molecule has 1 amide bonds. The first-order chi connectivity index (χ1) is 9.60. The summed E-state index contributed by atoms with van der Waals surface area (Å²) in [5.74, 6) is -0.173. The molecule has 0 aliphatic rings. The van der Waals surface area contributed by atoms with Gasteiger partial charge in [-0.25, -0.2) is 4.98 Å². The van der Waals surface area contributed by atoms with Crippen LogP contribution in [0.1, 0.15) is 29.0 Å². The first kappa shape index (κ1) is 15.1. The maximum absolute atomic E-state index is 12.1. The molecule has 0 aliphatic heterocycles. The van der Waals surface area contributed by atoms with Crippen LogP contribution < -0.4 is 5.32 Å². The van der Waals surface area contributed by atoms with Gasteiger partial charge in [0, 0.05) is 4.90 Å². The van der Waals surface area contributed by atoms with E-state index in [1.54, 1.807) is 30.0 Å². The molecule has 20 heavy (non-hydrogen) atoms. The number of benzene rings is 1. The van der Waals surface area contributed by atoms with Gasteiger partial charge in [-0.05, 0) is 58.9 Å². The first-order valence-corrected chi connectivity index (χ1v) is 8.19. The van der Waals surface area contributed by atoms with Crippen LogP contribution in [-0.4, -0.2) is 17.1 Å². The third-order valence-electron chi connectivity index (χ3n) is 2.91. The van der Waals surface area contributed by atoms with Gasteiger partial charge < -0.3 is 5.32 Å². The van der Waals surface area contributed by atoms with Crippen molar-refractivity contribution in [1.82, 2.24) is 10.3 Å². The predicted molar refractivity (Wildman–Crippen MR) is 86.0 cm³/mol. The maximum Gasteiger partial charge on any atom is 0.270 e. The molecule has 0 radical (unpaired) electrons. The van der Waals surface area contributed by atoms with E-state index >= 15 is 0 Å². The third kappa shape index (κ3) is 3.84. The van der Waals surface area contributed by atoms with Gasteiger partial charge in [0.05, 0.1) is 6.04 Å². The maximum atomic E-state index is 12.1. The number of carbonyl (C=O) groups is 1. The summed E-state index contributed by atoms with van der Waals surface area (Å²) in [6.45, 7) is 1.96. The average Bonchev–Trinajstić information content (AvgIpc) is 2.47. The van der Waals surface area contributed by atoms with Gasteiger partial charge in [-0.1, -0.05) is 18.2 Å². The largest absolute Gasteiger partial charge is 0.344 e. The van der Waals surface area contributed by atoms with E-state index in [-0.39, 0.29) is 11.9 Å². The van der Waals surface area contributed by atoms with Crippen molar-refractivity contribution in [3.8, 4) is 0 Å². The Balaban J connectivity index is 2.06. The predicted octanol–water partition coefficient (Wildman–Crippen LogP) is 4.06. The number of rotatable bonds is 4. The van der Waals surface area contributed by atoms with E-state index in [9.17, 15) is 4.79 Å². The fourth-order valence-corrected chi connectivity index (χ4v) is 2.53. The molecule has 0 spiro atoms. The number of halogens is 1. The molecule has 0 saturated carbocycles. The zero-order valence-electron chi connectivity index (χ0n) is 11.3. The molecule has 3 nitrogen and oxygen atoms in total. The molecule has 0 saturated heterocycles. The van der Waals surface area contributed by atoms with Crippen LogP contribution in [-0.2, 0) is 0 Å². The van der Waals surface area contributed by atoms with E-state index in [0.29, 0.717) is 10.3 Å². The highest BCUT2D eigenvalue weighted by molar-refractivity contribution is 9.10. The molecule has 0 aliphatic carbocycles. The van der Waals surface area contributed by atoms with Crippen LogP contribution >= 0.6 is 27.7 Å². The molecule has 1 atom stereocenters. The number of carbonyl (C=O) groups excluding carboxylic acids is 1. The van der Waals surface area contributed by atoms with Gasteiger partial charge in [-0.3, -0.25) is 4.79 Å². The molecule has 5 heteroatoms. The van der Waals surface area contributed by atoms with Crippen LogP contribution in [0.3, 0.4) is 0 Å². The normalized spacial score (nSPS) is 11.9. The summed E-state index contributed by atoms with van der Waals surface area (Å²) in [7, 11) is 0. The minimum atomic E-state index is -0.173. The van der Waals surface area contributed by atoms with E-state index in [1.807, 2.05) is 25.3 Å². The van der Waals surface area contributed by atoms with Crippen molar-refractivity contribution < 1.29 is 4.79 Å². The summed E-state index contributed by atoms with van der Waals surface area (Å²) in [6.07, 6.45) is 2.04. The number of amides is 1. The number of thioether (sulfide) groups is 1. The lowest BCUT2D eigenvalue weighted by Crippen LogP contribution is -2.27. The number of nitrogens with zero attached hydrogens (tertiary/aromatic N) is 1. The summed E-state index contributed by atoms with van der Waals surface area (Å²) in [4.78, 5) is 17.5. The number of nitrogens with one attached hydrogen (secondary N) is 1. The van der Waals surface area contributed by atoms with E-state index in [4.69, 9.17) is 0 Å². The minimum Gasteiger partial charge on any atom is -0.344 e. The molecule has 0 bridgehead atoms. The standard InChI is InChI=1S/C15H15BrN2OS/c1-10(11-6-8-12(20-2)9-7-11)17-15(19)13-4-3-5-14(16)18-13/h3-10H,1-2H3,(H,17,19). The van der Waals surface area contributed by atoms with Crippen molar-refractivity contribution in [3.63, 3.8) is 0 Å². The van der Waals surface area contributed by atoms with Crippen molar-refractivity contribution >= 4 is 33.6 Å². The second-order valence-corrected chi connectivity index (χ2v) is 6.01. The number of pyridine rings is 1. The van der Waals surface area contributed by atoms with Crippen LogP contribution in [0.5, 0.6) is 0 Å². The third-order valence-corrected chi connectivity index (χ3v) is 4.10. The average molecular weight is 351 g/mol. The molecular formula is C15H15BrN2OS. The van der Waals surface area contributed by atoms with Crippen molar-refractivity contribution in [2.24, 2.45) is 0 Å². The summed E-state index contributed by atoms with van der Waals surface area (Å²) in [5.41, 5.74) is 1.48. The SMILES string of the molecule is CSc1ccc(C(C)NC(=O)c2cccc(Br)n2)cc1. The highest BCUT2D eigenvalue weighted by Crippen LogP contribution is 2.19. The van der Waals surface area contributed by atoms with E-state index in [2.05, 4.69) is 38.4 Å².